The SMILES string of the molecule is Cc1cc(C(=O)O)c(C)n1C(C)C1CCCC1. The fourth-order valence-corrected chi connectivity index (χ4v) is 3.27. The third kappa shape index (κ3) is 2.11. The highest BCUT2D eigenvalue weighted by molar-refractivity contribution is 5.89. The van der Waals surface area contributed by atoms with E-state index in [4.69, 9.17) is 5.11 Å². The van der Waals surface area contributed by atoms with E-state index >= 15 is 0 Å². The van der Waals surface area contributed by atoms with Gasteiger partial charge in [-0.05, 0) is 45.6 Å². The third-order valence-electron chi connectivity index (χ3n) is 4.20. The minimum absolute atomic E-state index is 0.422. The number of carboxylic acids is 1. The maximum absolute atomic E-state index is 11.1. The molecule has 0 spiro atoms. The van der Waals surface area contributed by atoms with Gasteiger partial charge in [0, 0.05) is 17.4 Å². The molecule has 1 aliphatic rings. The number of rotatable bonds is 3. The van der Waals surface area contributed by atoms with Crippen LogP contribution in [0.5, 0.6) is 0 Å². The van der Waals surface area contributed by atoms with Crippen LogP contribution in [0.25, 0.3) is 0 Å². The molecule has 0 bridgehead atoms. The van der Waals surface area contributed by atoms with Gasteiger partial charge in [-0.15, -0.1) is 0 Å². The summed E-state index contributed by atoms with van der Waals surface area (Å²) in [5.41, 5.74) is 2.42. The van der Waals surface area contributed by atoms with Crippen molar-refractivity contribution < 1.29 is 9.90 Å². The van der Waals surface area contributed by atoms with Gasteiger partial charge in [0.25, 0.3) is 0 Å². The van der Waals surface area contributed by atoms with Crippen molar-refractivity contribution in [2.75, 3.05) is 0 Å². The second kappa shape index (κ2) is 4.55. The number of carbonyl (C=O) groups is 1. The molecule has 1 unspecified atom stereocenters. The first-order chi connectivity index (χ1) is 8.02. The van der Waals surface area contributed by atoms with Gasteiger partial charge in [-0.1, -0.05) is 12.8 Å². The molecule has 1 aromatic heterocycles. The number of aromatic carboxylic acids is 1. The number of aryl methyl sites for hydroxylation is 1. The highest BCUT2D eigenvalue weighted by atomic mass is 16.4. The fraction of sp³-hybridized carbons (Fsp3) is 0.643. The molecule has 1 heterocycles. The predicted molar refractivity (Wildman–Crippen MR) is 67.5 cm³/mol. The summed E-state index contributed by atoms with van der Waals surface area (Å²) in [6, 6.07) is 2.22. The van der Waals surface area contributed by atoms with Crippen molar-refractivity contribution in [2.45, 2.75) is 52.5 Å². The summed E-state index contributed by atoms with van der Waals surface area (Å²) in [5.74, 6) is -0.107. The summed E-state index contributed by atoms with van der Waals surface area (Å²) in [4.78, 5) is 11.1. The zero-order valence-electron chi connectivity index (χ0n) is 10.9. The molecule has 1 aliphatic carbocycles. The summed E-state index contributed by atoms with van der Waals surface area (Å²) in [6.07, 6.45) is 5.20. The van der Waals surface area contributed by atoms with Crippen LogP contribution in [0.3, 0.4) is 0 Å². The number of nitrogens with zero attached hydrogens (tertiary/aromatic N) is 1. The Kier molecular flexibility index (Phi) is 3.27. The summed E-state index contributed by atoms with van der Waals surface area (Å²) in [5, 5.41) is 9.14. The highest BCUT2D eigenvalue weighted by Gasteiger charge is 2.26. The molecular weight excluding hydrogens is 214 g/mol. The molecule has 0 aromatic carbocycles. The van der Waals surface area contributed by atoms with Gasteiger partial charge < -0.3 is 9.67 Å². The van der Waals surface area contributed by atoms with Gasteiger partial charge >= 0.3 is 5.97 Å². The van der Waals surface area contributed by atoms with Gasteiger partial charge in [-0.3, -0.25) is 0 Å². The lowest BCUT2D eigenvalue weighted by Gasteiger charge is -2.24. The van der Waals surface area contributed by atoms with Crippen LogP contribution < -0.4 is 0 Å². The van der Waals surface area contributed by atoms with E-state index in [0.717, 1.165) is 11.4 Å². The molecule has 94 valence electrons. The normalized spacial score (nSPS) is 18.5. The smallest absolute Gasteiger partial charge is 0.337 e. The summed E-state index contributed by atoms with van der Waals surface area (Å²) >= 11 is 0. The summed E-state index contributed by atoms with van der Waals surface area (Å²) in [6.45, 7) is 6.15. The van der Waals surface area contributed by atoms with E-state index in [9.17, 15) is 4.79 Å². The maximum atomic E-state index is 11.1. The number of aromatic nitrogens is 1. The molecule has 2 rings (SSSR count). The molecule has 0 saturated heterocycles. The third-order valence-corrected chi connectivity index (χ3v) is 4.20. The minimum Gasteiger partial charge on any atom is -0.478 e. The molecule has 1 fully saturated rings. The zero-order valence-corrected chi connectivity index (χ0v) is 10.9. The van der Waals surface area contributed by atoms with Crippen LogP contribution >= 0.6 is 0 Å². The fourth-order valence-electron chi connectivity index (χ4n) is 3.27. The van der Waals surface area contributed by atoms with Gasteiger partial charge in [0.1, 0.15) is 0 Å². The van der Waals surface area contributed by atoms with Crippen LogP contribution in [0.4, 0.5) is 0 Å². The molecular formula is C14H21NO2. The van der Waals surface area contributed by atoms with Gasteiger partial charge in [0.2, 0.25) is 0 Å². The van der Waals surface area contributed by atoms with E-state index in [2.05, 4.69) is 11.5 Å². The van der Waals surface area contributed by atoms with E-state index in [-0.39, 0.29) is 0 Å². The molecule has 0 radical (unpaired) electrons. The number of hydrogen-bond acceptors (Lipinski definition) is 1. The average Bonchev–Trinajstić information content (AvgIpc) is 2.86. The molecule has 17 heavy (non-hydrogen) atoms. The number of carboxylic acid groups (broad SMARTS) is 1. The van der Waals surface area contributed by atoms with Crippen LogP contribution in [-0.2, 0) is 0 Å². The molecule has 1 aromatic rings. The molecule has 3 heteroatoms. The van der Waals surface area contributed by atoms with Crippen molar-refractivity contribution in [1.29, 1.82) is 0 Å². The van der Waals surface area contributed by atoms with Crippen molar-refractivity contribution in [3.8, 4) is 0 Å². The van der Waals surface area contributed by atoms with Crippen molar-refractivity contribution in [1.82, 2.24) is 4.57 Å². The van der Waals surface area contributed by atoms with E-state index in [1.54, 1.807) is 6.07 Å². The molecule has 1 atom stereocenters. The molecule has 0 aliphatic heterocycles. The molecule has 1 saturated carbocycles. The van der Waals surface area contributed by atoms with Crippen molar-refractivity contribution in [3.63, 3.8) is 0 Å². The Morgan fingerprint density at radius 1 is 1.41 bits per heavy atom. The van der Waals surface area contributed by atoms with Crippen LogP contribution in [0, 0.1) is 19.8 Å². The van der Waals surface area contributed by atoms with Crippen molar-refractivity contribution in [3.05, 3.63) is 23.0 Å². The Bertz CT molecular complexity index is 428. The second-order valence-electron chi connectivity index (χ2n) is 5.25. The highest BCUT2D eigenvalue weighted by Crippen LogP contribution is 2.36. The van der Waals surface area contributed by atoms with Crippen LogP contribution in [0.1, 0.15) is 60.4 Å². The van der Waals surface area contributed by atoms with Gasteiger partial charge in [0.05, 0.1) is 5.56 Å². The monoisotopic (exact) mass is 235 g/mol. The quantitative estimate of drug-likeness (QED) is 0.870. The Morgan fingerprint density at radius 3 is 2.47 bits per heavy atom. The summed E-state index contributed by atoms with van der Waals surface area (Å²) < 4.78 is 2.21. The Labute approximate surface area is 102 Å². The Morgan fingerprint density at radius 2 is 2.00 bits per heavy atom. The average molecular weight is 235 g/mol. The van der Waals surface area contributed by atoms with Crippen LogP contribution in [-0.4, -0.2) is 15.6 Å². The van der Waals surface area contributed by atoms with E-state index in [1.165, 1.54) is 25.7 Å². The van der Waals surface area contributed by atoms with E-state index < -0.39 is 5.97 Å². The van der Waals surface area contributed by atoms with Crippen molar-refractivity contribution in [2.24, 2.45) is 5.92 Å². The first kappa shape index (κ1) is 12.2. The Hall–Kier alpha value is -1.25. The van der Waals surface area contributed by atoms with E-state index in [0.29, 0.717) is 17.5 Å². The number of hydrogen-bond donors (Lipinski definition) is 1. The molecule has 1 N–H and O–H groups in total. The van der Waals surface area contributed by atoms with Gasteiger partial charge in [0.15, 0.2) is 0 Å². The van der Waals surface area contributed by atoms with Gasteiger partial charge in [-0.25, -0.2) is 4.79 Å². The minimum atomic E-state index is -0.817. The van der Waals surface area contributed by atoms with Gasteiger partial charge in [-0.2, -0.15) is 0 Å². The van der Waals surface area contributed by atoms with Crippen LogP contribution in [0.15, 0.2) is 6.07 Å². The molecule has 0 amide bonds. The molecule has 3 nitrogen and oxygen atoms in total. The van der Waals surface area contributed by atoms with E-state index in [1.807, 2.05) is 13.8 Å². The lowest BCUT2D eigenvalue weighted by atomic mass is 9.99. The van der Waals surface area contributed by atoms with Crippen LogP contribution in [0.2, 0.25) is 0 Å². The zero-order chi connectivity index (χ0) is 12.6. The Balaban J connectivity index is 2.34. The standard InChI is InChI=1S/C14H21NO2/c1-9-8-13(14(16)17)11(3)15(9)10(2)12-6-4-5-7-12/h8,10,12H,4-7H2,1-3H3,(H,16,17). The first-order valence-electron chi connectivity index (χ1n) is 6.44. The van der Waals surface area contributed by atoms with Crippen molar-refractivity contribution >= 4 is 5.97 Å². The topological polar surface area (TPSA) is 42.2 Å². The second-order valence-corrected chi connectivity index (χ2v) is 5.25. The summed E-state index contributed by atoms with van der Waals surface area (Å²) in [7, 11) is 0. The lowest BCUT2D eigenvalue weighted by molar-refractivity contribution is 0.0696. The predicted octanol–water partition coefficient (Wildman–Crippen LogP) is 3.55. The maximum Gasteiger partial charge on any atom is 0.337 e. The largest absolute Gasteiger partial charge is 0.478 e. The first-order valence-corrected chi connectivity index (χ1v) is 6.44. The lowest BCUT2D eigenvalue weighted by Crippen LogP contribution is -2.17.